The van der Waals surface area contributed by atoms with Gasteiger partial charge in [0.2, 0.25) is 0 Å². The van der Waals surface area contributed by atoms with Crippen molar-refractivity contribution >= 4 is 40.9 Å². The molecule has 4 N–H and O–H groups in total. The van der Waals surface area contributed by atoms with Gasteiger partial charge >= 0.3 is 12.0 Å². The Morgan fingerprint density at radius 2 is 1.85 bits per heavy atom. The van der Waals surface area contributed by atoms with Crippen LogP contribution in [-0.4, -0.2) is 34.9 Å². The SMILES string of the molecule is O=C(Nc1c(Cl)cc(F)cc1Cl)NC(CCO)C(=O)O. The summed E-state index contributed by atoms with van der Waals surface area (Å²) in [6, 6.07) is -0.254. The molecule has 1 atom stereocenters. The number of carbonyl (C=O) groups excluding carboxylic acids is 1. The molecule has 0 heterocycles. The number of benzene rings is 1. The van der Waals surface area contributed by atoms with Crippen LogP contribution in [0.2, 0.25) is 10.0 Å². The van der Waals surface area contributed by atoms with Crippen LogP contribution in [0, 0.1) is 5.82 Å². The molecular formula is C11H11Cl2FN2O4. The maximum atomic E-state index is 13.0. The lowest BCUT2D eigenvalue weighted by Crippen LogP contribution is -2.43. The van der Waals surface area contributed by atoms with Crippen molar-refractivity contribution in [3.05, 3.63) is 28.0 Å². The standard InChI is InChI=1S/C11H11Cl2FN2O4/c12-6-3-5(14)4-7(13)9(6)16-11(20)15-8(1-2-17)10(18)19/h3-4,8,17H,1-2H2,(H,18,19)(H2,15,16,20). The number of aliphatic hydroxyl groups excluding tert-OH is 1. The molecule has 0 saturated carbocycles. The molecule has 0 aliphatic carbocycles. The third-order valence-electron chi connectivity index (χ3n) is 2.27. The van der Waals surface area contributed by atoms with Crippen LogP contribution in [0.3, 0.4) is 0 Å². The molecule has 0 fully saturated rings. The van der Waals surface area contributed by atoms with Gasteiger partial charge in [0.1, 0.15) is 11.9 Å². The van der Waals surface area contributed by atoms with E-state index in [4.69, 9.17) is 33.4 Å². The van der Waals surface area contributed by atoms with Crippen molar-refractivity contribution in [3.8, 4) is 0 Å². The molecule has 1 aromatic carbocycles. The van der Waals surface area contributed by atoms with Crippen molar-refractivity contribution in [1.82, 2.24) is 5.32 Å². The molecule has 0 radical (unpaired) electrons. The van der Waals surface area contributed by atoms with Crippen molar-refractivity contribution in [2.24, 2.45) is 0 Å². The molecular weight excluding hydrogens is 314 g/mol. The maximum absolute atomic E-state index is 13.0. The molecule has 0 aliphatic heterocycles. The Morgan fingerprint density at radius 3 is 2.30 bits per heavy atom. The molecule has 0 aromatic heterocycles. The van der Waals surface area contributed by atoms with Crippen molar-refractivity contribution in [1.29, 1.82) is 0 Å². The third kappa shape index (κ3) is 4.52. The number of carboxylic acid groups (broad SMARTS) is 1. The summed E-state index contributed by atoms with van der Waals surface area (Å²) in [6.45, 7) is -0.407. The zero-order valence-electron chi connectivity index (χ0n) is 9.99. The van der Waals surface area contributed by atoms with Gasteiger partial charge in [-0.1, -0.05) is 23.2 Å². The number of urea groups is 1. The summed E-state index contributed by atoms with van der Waals surface area (Å²) in [6.07, 6.45) is -0.159. The third-order valence-corrected chi connectivity index (χ3v) is 2.86. The summed E-state index contributed by atoms with van der Waals surface area (Å²) < 4.78 is 13.0. The Bertz CT molecular complexity index is 504. The number of hydrogen-bond acceptors (Lipinski definition) is 3. The first kappa shape index (κ1) is 16.5. The Morgan fingerprint density at radius 1 is 1.30 bits per heavy atom. The molecule has 20 heavy (non-hydrogen) atoms. The van der Waals surface area contributed by atoms with Gasteiger partial charge in [-0.05, 0) is 12.1 Å². The van der Waals surface area contributed by atoms with E-state index in [0.717, 1.165) is 12.1 Å². The van der Waals surface area contributed by atoms with E-state index < -0.39 is 30.5 Å². The second kappa shape index (κ2) is 7.28. The minimum atomic E-state index is -1.30. The second-order valence-electron chi connectivity index (χ2n) is 3.75. The van der Waals surface area contributed by atoms with Gasteiger partial charge in [-0.25, -0.2) is 14.0 Å². The van der Waals surface area contributed by atoms with E-state index in [9.17, 15) is 14.0 Å². The van der Waals surface area contributed by atoms with Gasteiger partial charge in [0.05, 0.1) is 15.7 Å². The molecule has 110 valence electrons. The van der Waals surface area contributed by atoms with Crippen molar-refractivity contribution in [2.75, 3.05) is 11.9 Å². The number of halogens is 3. The number of amides is 2. The molecule has 9 heteroatoms. The Labute approximate surface area is 123 Å². The van der Waals surface area contributed by atoms with Crippen LogP contribution >= 0.6 is 23.2 Å². The van der Waals surface area contributed by atoms with E-state index >= 15 is 0 Å². The highest BCUT2D eigenvalue weighted by molar-refractivity contribution is 6.39. The molecule has 6 nitrogen and oxygen atoms in total. The lowest BCUT2D eigenvalue weighted by molar-refractivity contribution is -0.139. The van der Waals surface area contributed by atoms with Crippen LogP contribution in [0.25, 0.3) is 0 Å². The minimum absolute atomic E-state index is 0.0413. The quantitative estimate of drug-likeness (QED) is 0.666. The van der Waals surface area contributed by atoms with E-state index in [1.165, 1.54) is 0 Å². The van der Waals surface area contributed by atoms with Gasteiger partial charge in [-0.15, -0.1) is 0 Å². The number of carboxylic acids is 1. The Balaban J connectivity index is 2.78. The first-order chi connectivity index (χ1) is 9.35. The van der Waals surface area contributed by atoms with Crippen LogP contribution in [0.5, 0.6) is 0 Å². The van der Waals surface area contributed by atoms with Crippen molar-refractivity contribution in [2.45, 2.75) is 12.5 Å². The van der Waals surface area contributed by atoms with Gasteiger partial charge in [-0.2, -0.15) is 0 Å². The fourth-order valence-corrected chi connectivity index (χ4v) is 1.91. The van der Waals surface area contributed by atoms with Gasteiger partial charge in [0.25, 0.3) is 0 Å². The van der Waals surface area contributed by atoms with Crippen LogP contribution < -0.4 is 10.6 Å². The first-order valence-electron chi connectivity index (χ1n) is 5.41. The number of aliphatic carboxylic acids is 1. The zero-order valence-corrected chi connectivity index (χ0v) is 11.5. The fourth-order valence-electron chi connectivity index (χ4n) is 1.36. The average Bonchev–Trinajstić information content (AvgIpc) is 2.33. The predicted molar refractivity (Wildman–Crippen MR) is 71.7 cm³/mol. The molecule has 1 unspecified atom stereocenters. The first-order valence-corrected chi connectivity index (χ1v) is 6.16. The molecule has 0 aliphatic rings. The van der Waals surface area contributed by atoms with E-state index in [1.807, 2.05) is 0 Å². The number of hydrogen-bond donors (Lipinski definition) is 4. The number of carbonyl (C=O) groups is 2. The topological polar surface area (TPSA) is 98.7 Å². The smallest absolute Gasteiger partial charge is 0.326 e. The highest BCUT2D eigenvalue weighted by Crippen LogP contribution is 2.31. The summed E-state index contributed by atoms with van der Waals surface area (Å²) in [7, 11) is 0. The van der Waals surface area contributed by atoms with E-state index in [2.05, 4.69) is 10.6 Å². The summed E-state index contributed by atoms with van der Waals surface area (Å²) in [4.78, 5) is 22.4. The highest BCUT2D eigenvalue weighted by Gasteiger charge is 2.20. The summed E-state index contributed by atoms with van der Waals surface area (Å²) in [5.74, 6) is -1.97. The monoisotopic (exact) mass is 324 g/mol. The van der Waals surface area contributed by atoms with E-state index in [-0.39, 0.29) is 22.2 Å². The second-order valence-corrected chi connectivity index (χ2v) is 4.56. The van der Waals surface area contributed by atoms with Gasteiger partial charge < -0.3 is 20.8 Å². The van der Waals surface area contributed by atoms with Crippen molar-refractivity contribution in [3.63, 3.8) is 0 Å². The number of anilines is 1. The Kier molecular flexibility index (Phi) is 6.00. The molecule has 0 bridgehead atoms. The van der Waals surface area contributed by atoms with Crippen LogP contribution in [0.4, 0.5) is 14.9 Å². The summed E-state index contributed by atoms with van der Waals surface area (Å²) in [5, 5.41) is 21.6. The minimum Gasteiger partial charge on any atom is -0.480 e. The predicted octanol–water partition coefficient (Wildman–Crippen LogP) is 2.09. The average molecular weight is 325 g/mol. The summed E-state index contributed by atoms with van der Waals surface area (Å²) >= 11 is 11.4. The summed E-state index contributed by atoms with van der Waals surface area (Å²) in [5.41, 5.74) is -0.0413. The Hall–Kier alpha value is -1.57. The van der Waals surface area contributed by atoms with Crippen LogP contribution in [-0.2, 0) is 4.79 Å². The normalized spacial score (nSPS) is 11.8. The van der Waals surface area contributed by atoms with Crippen molar-refractivity contribution < 1.29 is 24.2 Å². The molecule has 1 aromatic rings. The highest BCUT2D eigenvalue weighted by atomic mass is 35.5. The molecule has 0 spiro atoms. The number of nitrogens with one attached hydrogen (secondary N) is 2. The molecule has 1 rings (SSSR count). The van der Waals surface area contributed by atoms with E-state index in [1.54, 1.807) is 0 Å². The lowest BCUT2D eigenvalue weighted by atomic mass is 10.2. The maximum Gasteiger partial charge on any atom is 0.326 e. The van der Waals surface area contributed by atoms with Gasteiger partial charge in [0, 0.05) is 13.0 Å². The molecule has 2 amide bonds. The van der Waals surface area contributed by atoms with Gasteiger partial charge in [-0.3, -0.25) is 0 Å². The lowest BCUT2D eigenvalue weighted by Gasteiger charge is -2.15. The van der Waals surface area contributed by atoms with E-state index in [0.29, 0.717) is 0 Å². The largest absolute Gasteiger partial charge is 0.480 e. The zero-order chi connectivity index (χ0) is 15.3. The molecule has 0 saturated heterocycles. The van der Waals surface area contributed by atoms with Crippen LogP contribution in [0.1, 0.15) is 6.42 Å². The van der Waals surface area contributed by atoms with Crippen LogP contribution in [0.15, 0.2) is 12.1 Å². The fraction of sp³-hybridized carbons (Fsp3) is 0.273. The number of rotatable bonds is 5. The van der Waals surface area contributed by atoms with Gasteiger partial charge in [0.15, 0.2) is 0 Å². The number of aliphatic hydroxyl groups is 1.